The number of rotatable bonds is 5. The molecule has 6 nitrogen and oxygen atoms in total. The van der Waals surface area contributed by atoms with E-state index in [1.165, 1.54) is 24.3 Å². The Morgan fingerprint density at radius 2 is 1.96 bits per heavy atom. The first-order valence-electron chi connectivity index (χ1n) is 6.75. The van der Waals surface area contributed by atoms with Crippen molar-refractivity contribution in [2.24, 2.45) is 0 Å². The minimum absolute atomic E-state index is 0.0439. The standard InChI is InChI=1S/C15H14FN3O3S/c1-2-22-10-7-8-13(14(9-10)19(20)21)18-15(23)17-12-6-4-3-5-11(12)16/h3-9H,2H2,1H3,(H2,17,18,23). The number of anilines is 2. The smallest absolute Gasteiger partial charge is 0.296 e. The summed E-state index contributed by atoms with van der Waals surface area (Å²) in [5.41, 5.74) is 0.180. The van der Waals surface area contributed by atoms with Gasteiger partial charge in [-0.25, -0.2) is 4.39 Å². The van der Waals surface area contributed by atoms with Gasteiger partial charge in [0.2, 0.25) is 0 Å². The molecule has 0 aliphatic heterocycles. The number of hydrogen-bond donors (Lipinski definition) is 2. The molecule has 0 bridgehead atoms. The minimum Gasteiger partial charge on any atom is -0.494 e. The number of nitrogens with zero attached hydrogens (tertiary/aromatic N) is 1. The van der Waals surface area contributed by atoms with Gasteiger partial charge in [-0.05, 0) is 43.4 Å². The van der Waals surface area contributed by atoms with Gasteiger partial charge >= 0.3 is 0 Å². The third kappa shape index (κ3) is 4.36. The molecule has 8 heteroatoms. The number of ether oxygens (including phenoxy) is 1. The first-order chi connectivity index (χ1) is 11.0. The van der Waals surface area contributed by atoms with Crippen molar-refractivity contribution in [1.82, 2.24) is 0 Å². The monoisotopic (exact) mass is 335 g/mol. The Balaban J connectivity index is 2.17. The van der Waals surface area contributed by atoms with Gasteiger partial charge in [0.05, 0.1) is 23.3 Å². The number of nitro benzene ring substituents is 1. The van der Waals surface area contributed by atoms with Gasteiger partial charge in [-0.3, -0.25) is 10.1 Å². The third-order valence-corrected chi connectivity index (χ3v) is 3.05. The van der Waals surface area contributed by atoms with Crippen LogP contribution in [0.3, 0.4) is 0 Å². The number of halogens is 1. The van der Waals surface area contributed by atoms with E-state index in [4.69, 9.17) is 17.0 Å². The van der Waals surface area contributed by atoms with Gasteiger partial charge in [0, 0.05) is 0 Å². The highest BCUT2D eigenvalue weighted by Crippen LogP contribution is 2.29. The summed E-state index contributed by atoms with van der Waals surface area (Å²) in [6.45, 7) is 2.18. The Morgan fingerprint density at radius 1 is 1.26 bits per heavy atom. The fraction of sp³-hybridized carbons (Fsp3) is 0.133. The Kier molecular flexibility index (Phi) is 5.42. The van der Waals surface area contributed by atoms with E-state index < -0.39 is 10.7 Å². The predicted molar refractivity (Wildman–Crippen MR) is 90.5 cm³/mol. The topological polar surface area (TPSA) is 76.4 Å². The van der Waals surface area contributed by atoms with E-state index in [9.17, 15) is 14.5 Å². The maximum atomic E-state index is 13.6. The molecule has 0 saturated carbocycles. The summed E-state index contributed by atoms with van der Waals surface area (Å²) in [6.07, 6.45) is 0. The molecule has 0 fully saturated rings. The molecule has 0 atom stereocenters. The van der Waals surface area contributed by atoms with E-state index in [1.54, 1.807) is 25.1 Å². The second-order valence-electron chi connectivity index (χ2n) is 4.43. The summed E-state index contributed by atoms with van der Waals surface area (Å²) in [5, 5.41) is 16.6. The fourth-order valence-corrected chi connectivity index (χ4v) is 2.08. The lowest BCUT2D eigenvalue weighted by atomic mass is 10.2. The van der Waals surface area contributed by atoms with E-state index in [0.29, 0.717) is 12.4 Å². The molecular formula is C15H14FN3O3S. The summed E-state index contributed by atoms with van der Waals surface area (Å²) in [7, 11) is 0. The zero-order chi connectivity index (χ0) is 16.8. The summed E-state index contributed by atoms with van der Waals surface area (Å²) in [4.78, 5) is 10.6. The number of para-hydroxylation sites is 1. The molecule has 0 spiro atoms. The Morgan fingerprint density at radius 3 is 2.61 bits per heavy atom. The highest BCUT2D eigenvalue weighted by molar-refractivity contribution is 7.80. The summed E-state index contributed by atoms with van der Waals surface area (Å²) in [6, 6.07) is 10.4. The Labute approximate surface area is 137 Å². The average molecular weight is 335 g/mol. The van der Waals surface area contributed by atoms with E-state index in [0.717, 1.165) is 0 Å². The van der Waals surface area contributed by atoms with Crippen LogP contribution < -0.4 is 15.4 Å². The lowest BCUT2D eigenvalue weighted by Crippen LogP contribution is -2.20. The molecule has 2 aromatic rings. The van der Waals surface area contributed by atoms with E-state index in [-0.39, 0.29) is 22.2 Å². The van der Waals surface area contributed by atoms with E-state index in [2.05, 4.69) is 10.6 Å². The zero-order valence-corrected chi connectivity index (χ0v) is 13.0. The number of hydrogen-bond acceptors (Lipinski definition) is 4. The number of benzene rings is 2. The highest BCUT2D eigenvalue weighted by atomic mass is 32.1. The van der Waals surface area contributed by atoms with Crippen molar-refractivity contribution in [2.75, 3.05) is 17.2 Å². The zero-order valence-electron chi connectivity index (χ0n) is 12.2. The normalized spacial score (nSPS) is 10.0. The lowest BCUT2D eigenvalue weighted by Gasteiger charge is -2.12. The van der Waals surface area contributed by atoms with Crippen LogP contribution >= 0.6 is 12.2 Å². The van der Waals surface area contributed by atoms with Crippen molar-refractivity contribution in [1.29, 1.82) is 0 Å². The highest BCUT2D eigenvalue weighted by Gasteiger charge is 2.16. The first kappa shape index (κ1) is 16.6. The number of thiocarbonyl (C=S) groups is 1. The molecule has 0 saturated heterocycles. The molecule has 0 unspecified atom stereocenters. The van der Waals surface area contributed by atoms with Crippen LogP contribution in [0.1, 0.15) is 6.92 Å². The molecule has 0 aliphatic rings. The van der Waals surface area contributed by atoms with Gasteiger partial charge in [0.1, 0.15) is 17.3 Å². The second kappa shape index (κ2) is 7.50. The van der Waals surface area contributed by atoms with Crippen LogP contribution in [0.25, 0.3) is 0 Å². The van der Waals surface area contributed by atoms with Crippen LogP contribution in [0.5, 0.6) is 5.75 Å². The van der Waals surface area contributed by atoms with Crippen LogP contribution in [0, 0.1) is 15.9 Å². The molecule has 2 aromatic carbocycles. The average Bonchev–Trinajstić information content (AvgIpc) is 2.51. The van der Waals surface area contributed by atoms with Gasteiger partial charge in [0.15, 0.2) is 5.11 Å². The molecule has 120 valence electrons. The molecule has 0 aliphatic carbocycles. The molecule has 0 aromatic heterocycles. The van der Waals surface area contributed by atoms with Crippen LogP contribution in [-0.4, -0.2) is 16.6 Å². The maximum absolute atomic E-state index is 13.6. The van der Waals surface area contributed by atoms with Crippen LogP contribution in [-0.2, 0) is 0 Å². The molecule has 2 N–H and O–H groups in total. The fourth-order valence-electron chi connectivity index (χ4n) is 1.86. The van der Waals surface area contributed by atoms with Gasteiger partial charge in [-0.15, -0.1) is 0 Å². The minimum atomic E-state index is -0.545. The number of nitrogens with one attached hydrogen (secondary N) is 2. The van der Waals surface area contributed by atoms with Crippen molar-refractivity contribution < 1.29 is 14.1 Å². The van der Waals surface area contributed by atoms with Crippen LogP contribution in [0.15, 0.2) is 42.5 Å². The first-order valence-corrected chi connectivity index (χ1v) is 7.16. The van der Waals surface area contributed by atoms with Crippen molar-refractivity contribution in [3.8, 4) is 5.75 Å². The third-order valence-electron chi connectivity index (χ3n) is 2.85. The summed E-state index contributed by atoms with van der Waals surface area (Å²) < 4.78 is 18.8. The SMILES string of the molecule is CCOc1ccc(NC(=S)Nc2ccccc2F)c([N+](=O)[O-])c1. The quantitative estimate of drug-likeness (QED) is 0.490. The van der Waals surface area contributed by atoms with E-state index in [1.807, 2.05) is 0 Å². The van der Waals surface area contributed by atoms with Crippen LogP contribution in [0.2, 0.25) is 0 Å². The molecule has 0 heterocycles. The molecule has 2 rings (SSSR count). The Bertz CT molecular complexity index is 740. The molecular weight excluding hydrogens is 321 g/mol. The summed E-state index contributed by atoms with van der Waals surface area (Å²) >= 11 is 5.07. The number of nitro groups is 1. The largest absolute Gasteiger partial charge is 0.494 e. The Hall–Kier alpha value is -2.74. The van der Waals surface area contributed by atoms with Crippen LogP contribution in [0.4, 0.5) is 21.5 Å². The van der Waals surface area contributed by atoms with E-state index >= 15 is 0 Å². The lowest BCUT2D eigenvalue weighted by molar-refractivity contribution is -0.384. The summed E-state index contributed by atoms with van der Waals surface area (Å²) in [5.74, 6) is -0.0874. The van der Waals surface area contributed by atoms with Crippen molar-refractivity contribution in [3.05, 3.63) is 58.4 Å². The van der Waals surface area contributed by atoms with Gasteiger partial charge in [0.25, 0.3) is 5.69 Å². The van der Waals surface area contributed by atoms with Gasteiger partial charge in [-0.2, -0.15) is 0 Å². The van der Waals surface area contributed by atoms with Crippen molar-refractivity contribution in [3.63, 3.8) is 0 Å². The molecule has 0 radical (unpaired) electrons. The van der Waals surface area contributed by atoms with Gasteiger partial charge < -0.3 is 15.4 Å². The molecule has 23 heavy (non-hydrogen) atoms. The maximum Gasteiger partial charge on any atom is 0.296 e. The van der Waals surface area contributed by atoms with Crippen molar-refractivity contribution >= 4 is 34.4 Å². The second-order valence-corrected chi connectivity index (χ2v) is 4.84. The molecule has 0 amide bonds. The predicted octanol–water partition coefficient (Wildman–Crippen LogP) is 3.94. The van der Waals surface area contributed by atoms with Gasteiger partial charge in [-0.1, -0.05) is 12.1 Å². The van der Waals surface area contributed by atoms with Crippen molar-refractivity contribution in [2.45, 2.75) is 6.92 Å².